The largest absolute Gasteiger partial charge is 0.335 e. The van der Waals surface area contributed by atoms with Crippen LogP contribution in [-0.2, 0) is 6.54 Å². The van der Waals surface area contributed by atoms with E-state index < -0.39 is 11.9 Å². The fourth-order valence-electron chi connectivity index (χ4n) is 2.56. The van der Waals surface area contributed by atoms with E-state index >= 15 is 0 Å². The first-order chi connectivity index (χ1) is 13.9. The van der Waals surface area contributed by atoms with Crippen molar-refractivity contribution >= 4 is 23.3 Å². The number of nitrogens with zero attached hydrogens (tertiary/aromatic N) is 4. The third-order valence-corrected chi connectivity index (χ3v) is 4.40. The van der Waals surface area contributed by atoms with Crippen molar-refractivity contribution in [1.82, 2.24) is 25.3 Å². The fourth-order valence-corrected chi connectivity index (χ4v) is 2.79. The lowest BCUT2D eigenvalue weighted by atomic mass is 10.1. The summed E-state index contributed by atoms with van der Waals surface area (Å²) in [6.07, 6.45) is 7.26. The SMILES string of the molecule is C#C[C@@H](Cn1ccc(-c2ccc(C#N)c(Cl)c2)n1)NC(=O)c1cc(C(C)=O)n[nH]1. The number of halogens is 1. The highest BCUT2D eigenvalue weighted by molar-refractivity contribution is 6.32. The van der Waals surface area contributed by atoms with Gasteiger partial charge in [-0.1, -0.05) is 23.6 Å². The first-order valence-corrected chi connectivity index (χ1v) is 8.86. The molecule has 9 heteroatoms. The van der Waals surface area contributed by atoms with Crippen LogP contribution in [0.1, 0.15) is 33.5 Å². The Balaban J connectivity index is 1.69. The first-order valence-electron chi connectivity index (χ1n) is 8.48. The van der Waals surface area contributed by atoms with E-state index in [4.69, 9.17) is 23.3 Å². The number of aromatic amines is 1. The molecule has 0 saturated carbocycles. The molecule has 2 heterocycles. The molecule has 8 nitrogen and oxygen atoms in total. The maximum Gasteiger partial charge on any atom is 0.270 e. The number of aromatic nitrogens is 4. The predicted octanol–water partition coefficient (Wildman–Crippen LogP) is 2.43. The van der Waals surface area contributed by atoms with Crippen LogP contribution in [0.2, 0.25) is 5.02 Å². The third kappa shape index (κ3) is 4.52. The molecule has 144 valence electrons. The van der Waals surface area contributed by atoms with Gasteiger partial charge >= 0.3 is 0 Å². The summed E-state index contributed by atoms with van der Waals surface area (Å²) in [6.45, 7) is 1.60. The number of Topliss-reactive ketones (excluding diaryl/α,β-unsaturated/α-hetero) is 1. The molecule has 2 aromatic heterocycles. The van der Waals surface area contributed by atoms with Crippen molar-refractivity contribution in [3.05, 3.63) is 58.5 Å². The van der Waals surface area contributed by atoms with Gasteiger partial charge in [-0.15, -0.1) is 6.42 Å². The van der Waals surface area contributed by atoms with Gasteiger partial charge in [-0.25, -0.2) is 0 Å². The molecule has 2 N–H and O–H groups in total. The molecule has 1 atom stereocenters. The number of rotatable bonds is 6. The number of carbonyl (C=O) groups excluding carboxylic acids is 2. The predicted molar refractivity (Wildman–Crippen MR) is 106 cm³/mol. The van der Waals surface area contributed by atoms with Crippen molar-refractivity contribution in [2.75, 3.05) is 0 Å². The number of H-pyrrole nitrogens is 1. The molecule has 0 aliphatic rings. The second kappa shape index (κ2) is 8.42. The van der Waals surface area contributed by atoms with E-state index in [-0.39, 0.29) is 23.7 Å². The number of carbonyl (C=O) groups is 2. The smallest absolute Gasteiger partial charge is 0.270 e. The average molecular weight is 407 g/mol. The second-order valence-electron chi connectivity index (χ2n) is 6.15. The Labute approximate surface area is 171 Å². The summed E-state index contributed by atoms with van der Waals surface area (Å²) in [5.74, 6) is 1.78. The van der Waals surface area contributed by atoms with Gasteiger partial charge in [-0.3, -0.25) is 19.4 Å². The molecule has 0 fully saturated rings. The maximum atomic E-state index is 12.3. The molecule has 3 aromatic rings. The molecule has 0 spiro atoms. The fraction of sp³-hybridized carbons (Fsp3) is 0.150. The van der Waals surface area contributed by atoms with Crippen LogP contribution in [-0.4, -0.2) is 37.7 Å². The standard InChI is InChI=1S/C20H15ClN6O2/c1-3-15(23-20(29)19-9-18(12(2)28)24-25-19)11-27-7-6-17(26-27)13-4-5-14(10-22)16(21)8-13/h1,4-9,15H,11H2,2H3,(H,23,29)(H,24,25)/t15-/m0/s1. The van der Waals surface area contributed by atoms with E-state index in [1.54, 1.807) is 35.1 Å². The molecular formula is C20H15ClN6O2. The van der Waals surface area contributed by atoms with Crippen LogP contribution in [0, 0.1) is 23.7 Å². The zero-order valence-corrected chi connectivity index (χ0v) is 16.1. The Morgan fingerprint density at radius 3 is 2.79 bits per heavy atom. The van der Waals surface area contributed by atoms with E-state index in [0.717, 1.165) is 5.56 Å². The van der Waals surface area contributed by atoms with Crippen molar-refractivity contribution < 1.29 is 9.59 Å². The zero-order valence-electron chi connectivity index (χ0n) is 15.3. The Kier molecular flexibility index (Phi) is 5.77. The van der Waals surface area contributed by atoms with E-state index in [1.165, 1.54) is 13.0 Å². The highest BCUT2D eigenvalue weighted by atomic mass is 35.5. The molecule has 0 saturated heterocycles. The van der Waals surface area contributed by atoms with Gasteiger partial charge in [0, 0.05) is 18.7 Å². The molecule has 0 aliphatic carbocycles. The lowest BCUT2D eigenvalue weighted by Crippen LogP contribution is -2.37. The summed E-state index contributed by atoms with van der Waals surface area (Å²) in [5, 5.41) is 22.7. The summed E-state index contributed by atoms with van der Waals surface area (Å²) in [7, 11) is 0. The van der Waals surface area contributed by atoms with Crippen LogP contribution in [0.3, 0.4) is 0 Å². The van der Waals surface area contributed by atoms with Crippen LogP contribution >= 0.6 is 11.6 Å². The van der Waals surface area contributed by atoms with Gasteiger partial charge < -0.3 is 5.32 Å². The Hall–Kier alpha value is -3.88. The molecule has 0 radical (unpaired) electrons. The van der Waals surface area contributed by atoms with E-state index in [2.05, 4.69) is 26.5 Å². The highest BCUT2D eigenvalue weighted by Gasteiger charge is 2.16. The minimum atomic E-state index is -0.635. The second-order valence-corrected chi connectivity index (χ2v) is 6.55. The number of nitrogens with one attached hydrogen (secondary N) is 2. The number of hydrogen-bond donors (Lipinski definition) is 2. The minimum Gasteiger partial charge on any atom is -0.335 e. The molecule has 0 aliphatic heterocycles. The molecule has 3 rings (SSSR count). The molecular weight excluding hydrogens is 392 g/mol. The molecule has 29 heavy (non-hydrogen) atoms. The quantitative estimate of drug-likeness (QED) is 0.481. The first kappa shape index (κ1) is 19.9. The number of nitriles is 1. The number of terminal acetylenes is 1. The minimum absolute atomic E-state index is 0.142. The van der Waals surface area contributed by atoms with Gasteiger partial charge in [0.1, 0.15) is 23.5 Å². The lowest BCUT2D eigenvalue weighted by Gasteiger charge is -2.12. The number of benzene rings is 1. The van der Waals surface area contributed by atoms with Gasteiger partial charge in [0.25, 0.3) is 5.91 Å². The Morgan fingerprint density at radius 1 is 1.38 bits per heavy atom. The summed E-state index contributed by atoms with van der Waals surface area (Å²) >= 11 is 6.07. The summed E-state index contributed by atoms with van der Waals surface area (Å²) in [6, 6.07) is 9.56. The number of amides is 1. The topological polar surface area (TPSA) is 116 Å². The zero-order chi connectivity index (χ0) is 21.0. The van der Waals surface area contributed by atoms with E-state index in [9.17, 15) is 9.59 Å². The van der Waals surface area contributed by atoms with Gasteiger partial charge in [-0.05, 0) is 24.3 Å². The summed E-state index contributed by atoms with van der Waals surface area (Å²) in [4.78, 5) is 23.6. The van der Waals surface area contributed by atoms with Crippen molar-refractivity contribution in [2.24, 2.45) is 0 Å². The van der Waals surface area contributed by atoms with Crippen LogP contribution in [0.4, 0.5) is 0 Å². The van der Waals surface area contributed by atoms with Crippen molar-refractivity contribution in [3.8, 4) is 29.7 Å². The van der Waals surface area contributed by atoms with Crippen molar-refractivity contribution in [1.29, 1.82) is 5.26 Å². The number of ketones is 1. The van der Waals surface area contributed by atoms with E-state index in [1.807, 2.05) is 6.07 Å². The third-order valence-electron chi connectivity index (χ3n) is 4.09. The summed E-state index contributed by atoms with van der Waals surface area (Å²) < 4.78 is 1.60. The number of hydrogen-bond acceptors (Lipinski definition) is 5. The van der Waals surface area contributed by atoms with Crippen molar-refractivity contribution in [2.45, 2.75) is 19.5 Å². The molecule has 1 aromatic carbocycles. The molecule has 0 bridgehead atoms. The van der Waals surface area contributed by atoms with Gasteiger partial charge in [-0.2, -0.15) is 15.5 Å². The van der Waals surface area contributed by atoms with Crippen LogP contribution < -0.4 is 5.32 Å². The van der Waals surface area contributed by atoms with Crippen LogP contribution in [0.15, 0.2) is 36.5 Å². The van der Waals surface area contributed by atoms with Crippen LogP contribution in [0.5, 0.6) is 0 Å². The molecule has 1 amide bonds. The Morgan fingerprint density at radius 2 is 2.17 bits per heavy atom. The maximum absolute atomic E-state index is 12.3. The summed E-state index contributed by atoms with van der Waals surface area (Å²) in [5.41, 5.74) is 2.10. The van der Waals surface area contributed by atoms with Gasteiger partial charge in [0.05, 0.1) is 22.8 Å². The van der Waals surface area contributed by atoms with Gasteiger partial charge in [0.2, 0.25) is 0 Å². The van der Waals surface area contributed by atoms with Crippen LogP contribution in [0.25, 0.3) is 11.3 Å². The monoisotopic (exact) mass is 406 g/mol. The Bertz CT molecular complexity index is 1160. The molecule has 0 unspecified atom stereocenters. The van der Waals surface area contributed by atoms with Gasteiger partial charge in [0.15, 0.2) is 5.78 Å². The van der Waals surface area contributed by atoms with E-state index in [0.29, 0.717) is 16.3 Å². The highest BCUT2D eigenvalue weighted by Crippen LogP contribution is 2.24. The van der Waals surface area contributed by atoms with Crippen molar-refractivity contribution in [3.63, 3.8) is 0 Å². The average Bonchev–Trinajstić information content (AvgIpc) is 3.37. The lowest BCUT2D eigenvalue weighted by molar-refractivity contribution is 0.0937. The normalized spacial score (nSPS) is 11.3.